The van der Waals surface area contributed by atoms with Gasteiger partial charge in [0.2, 0.25) is 11.8 Å². The van der Waals surface area contributed by atoms with Crippen molar-refractivity contribution < 1.29 is 14.3 Å². The number of hydrogen-bond acceptors (Lipinski definition) is 3. The first-order chi connectivity index (χ1) is 11.1. The smallest absolute Gasteiger partial charge is 0.223 e. The van der Waals surface area contributed by atoms with Crippen LogP contribution in [0.3, 0.4) is 0 Å². The van der Waals surface area contributed by atoms with Crippen molar-refractivity contribution in [3.05, 3.63) is 29.3 Å². The van der Waals surface area contributed by atoms with Crippen LogP contribution in [0.4, 0.5) is 0 Å². The maximum absolute atomic E-state index is 11.8. The Morgan fingerprint density at radius 1 is 1.35 bits per heavy atom. The van der Waals surface area contributed by atoms with Crippen LogP contribution in [0.5, 0.6) is 5.75 Å². The lowest BCUT2D eigenvalue weighted by Crippen LogP contribution is -2.31. The summed E-state index contributed by atoms with van der Waals surface area (Å²) in [4.78, 5) is 25.1. The molecule has 1 heterocycles. The van der Waals surface area contributed by atoms with Gasteiger partial charge in [-0.1, -0.05) is 12.1 Å². The van der Waals surface area contributed by atoms with Crippen molar-refractivity contribution in [3.63, 3.8) is 0 Å². The molecule has 2 amide bonds. The van der Waals surface area contributed by atoms with E-state index in [1.54, 1.807) is 0 Å². The summed E-state index contributed by atoms with van der Waals surface area (Å²) in [5.41, 5.74) is 2.30. The molecular weight excluding hydrogens is 292 g/mol. The molecule has 0 radical (unpaired) electrons. The summed E-state index contributed by atoms with van der Waals surface area (Å²) in [5.74, 6) is 1.06. The molecule has 0 aliphatic carbocycles. The monoisotopic (exact) mass is 318 g/mol. The van der Waals surface area contributed by atoms with Crippen LogP contribution in [0, 0.1) is 13.8 Å². The number of nitrogens with zero attached hydrogens (tertiary/aromatic N) is 1. The van der Waals surface area contributed by atoms with E-state index in [9.17, 15) is 9.59 Å². The fraction of sp³-hybridized carbons (Fsp3) is 0.556. The Balaban J connectivity index is 1.58. The average molecular weight is 318 g/mol. The highest BCUT2D eigenvalue weighted by Gasteiger charge is 2.18. The van der Waals surface area contributed by atoms with Gasteiger partial charge in [0.1, 0.15) is 5.75 Å². The topological polar surface area (TPSA) is 58.6 Å². The molecule has 1 N–H and O–H groups in total. The predicted molar refractivity (Wildman–Crippen MR) is 89.5 cm³/mol. The van der Waals surface area contributed by atoms with Crippen LogP contribution in [-0.2, 0) is 9.59 Å². The van der Waals surface area contributed by atoms with Crippen molar-refractivity contribution in [2.24, 2.45) is 0 Å². The van der Waals surface area contributed by atoms with Crippen molar-refractivity contribution >= 4 is 11.8 Å². The second-order valence-electron chi connectivity index (χ2n) is 5.98. The van der Waals surface area contributed by atoms with Crippen LogP contribution in [-0.4, -0.2) is 43.0 Å². The Hall–Kier alpha value is -2.04. The highest BCUT2D eigenvalue weighted by molar-refractivity contribution is 5.78. The molecule has 0 spiro atoms. The average Bonchev–Trinajstić information content (AvgIpc) is 2.93. The Kier molecular flexibility index (Phi) is 6.44. The Morgan fingerprint density at radius 3 is 2.91 bits per heavy atom. The fourth-order valence-corrected chi connectivity index (χ4v) is 2.66. The number of rotatable bonds is 8. The van der Waals surface area contributed by atoms with Gasteiger partial charge in [-0.05, 0) is 43.9 Å². The minimum absolute atomic E-state index is 0.0111. The van der Waals surface area contributed by atoms with E-state index in [0.29, 0.717) is 26.0 Å². The SMILES string of the molecule is Cc1cccc(OCCC(=O)NCCCN2CCCC2=O)c1C. The number of aryl methyl sites for hydroxylation is 1. The zero-order valence-corrected chi connectivity index (χ0v) is 14.1. The van der Waals surface area contributed by atoms with E-state index in [0.717, 1.165) is 37.2 Å². The number of amides is 2. The normalized spacial score (nSPS) is 14.2. The summed E-state index contributed by atoms with van der Waals surface area (Å²) >= 11 is 0. The van der Waals surface area contributed by atoms with Gasteiger partial charge in [0.05, 0.1) is 13.0 Å². The van der Waals surface area contributed by atoms with Gasteiger partial charge in [0.15, 0.2) is 0 Å². The van der Waals surface area contributed by atoms with Crippen LogP contribution in [0.15, 0.2) is 18.2 Å². The third kappa shape index (κ3) is 5.27. The van der Waals surface area contributed by atoms with Gasteiger partial charge in [-0.15, -0.1) is 0 Å². The van der Waals surface area contributed by atoms with Gasteiger partial charge in [0.25, 0.3) is 0 Å². The fourth-order valence-electron chi connectivity index (χ4n) is 2.66. The summed E-state index contributed by atoms with van der Waals surface area (Å²) in [6.45, 7) is 6.63. The molecule has 1 saturated heterocycles. The van der Waals surface area contributed by atoms with Crippen LogP contribution in [0.1, 0.15) is 36.8 Å². The lowest BCUT2D eigenvalue weighted by molar-refractivity contribution is -0.127. The summed E-state index contributed by atoms with van der Waals surface area (Å²) in [6, 6.07) is 5.92. The standard InChI is InChI=1S/C18H26N2O3/c1-14-6-3-7-16(15(14)2)23-13-9-17(21)19-10-5-12-20-11-4-8-18(20)22/h3,6-7H,4-5,8-13H2,1-2H3,(H,19,21). The number of carbonyl (C=O) groups is 2. The van der Waals surface area contributed by atoms with Crippen molar-refractivity contribution in [2.75, 3.05) is 26.2 Å². The van der Waals surface area contributed by atoms with Crippen molar-refractivity contribution in [1.29, 1.82) is 0 Å². The van der Waals surface area contributed by atoms with Crippen LogP contribution >= 0.6 is 0 Å². The van der Waals surface area contributed by atoms with E-state index in [1.165, 1.54) is 5.56 Å². The molecule has 1 fully saturated rings. The second-order valence-corrected chi connectivity index (χ2v) is 5.98. The van der Waals surface area contributed by atoms with Crippen molar-refractivity contribution in [3.8, 4) is 5.75 Å². The minimum atomic E-state index is -0.0111. The van der Waals surface area contributed by atoms with Gasteiger partial charge in [-0.25, -0.2) is 0 Å². The zero-order valence-electron chi connectivity index (χ0n) is 14.1. The minimum Gasteiger partial charge on any atom is -0.493 e. The maximum atomic E-state index is 11.8. The summed E-state index contributed by atoms with van der Waals surface area (Å²) in [5, 5.41) is 2.88. The first-order valence-corrected chi connectivity index (χ1v) is 8.31. The molecule has 1 aromatic rings. The summed E-state index contributed by atoms with van der Waals surface area (Å²) < 4.78 is 5.68. The van der Waals surface area contributed by atoms with Crippen LogP contribution in [0.25, 0.3) is 0 Å². The molecule has 1 aliphatic rings. The molecule has 0 atom stereocenters. The van der Waals surface area contributed by atoms with Crippen molar-refractivity contribution in [2.45, 2.75) is 39.5 Å². The van der Waals surface area contributed by atoms with Crippen molar-refractivity contribution in [1.82, 2.24) is 10.2 Å². The number of nitrogens with one attached hydrogen (secondary N) is 1. The zero-order chi connectivity index (χ0) is 16.7. The second kappa shape index (κ2) is 8.56. The van der Waals surface area contributed by atoms with Gasteiger partial charge < -0.3 is 15.0 Å². The highest BCUT2D eigenvalue weighted by atomic mass is 16.5. The maximum Gasteiger partial charge on any atom is 0.223 e. The Morgan fingerprint density at radius 2 is 2.17 bits per heavy atom. The molecule has 0 bridgehead atoms. The lowest BCUT2D eigenvalue weighted by Gasteiger charge is -2.15. The Labute approximate surface area is 138 Å². The quantitative estimate of drug-likeness (QED) is 0.748. The van der Waals surface area contributed by atoms with E-state index in [2.05, 4.69) is 5.32 Å². The van der Waals surface area contributed by atoms with Gasteiger partial charge in [-0.3, -0.25) is 9.59 Å². The number of hydrogen-bond donors (Lipinski definition) is 1. The van der Waals surface area contributed by atoms with E-state index in [-0.39, 0.29) is 11.8 Å². The molecule has 1 aromatic carbocycles. The summed E-state index contributed by atoms with van der Waals surface area (Å²) in [6.07, 6.45) is 2.77. The van der Waals surface area contributed by atoms with Crippen LogP contribution in [0.2, 0.25) is 0 Å². The van der Waals surface area contributed by atoms with Gasteiger partial charge >= 0.3 is 0 Å². The third-order valence-electron chi connectivity index (χ3n) is 4.24. The van der Waals surface area contributed by atoms with Gasteiger partial charge in [-0.2, -0.15) is 0 Å². The van der Waals surface area contributed by atoms with E-state index in [4.69, 9.17) is 4.74 Å². The number of carbonyl (C=O) groups excluding carboxylic acids is 2. The van der Waals surface area contributed by atoms with E-state index >= 15 is 0 Å². The molecule has 0 saturated carbocycles. The predicted octanol–water partition coefficient (Wildman–Crippen LogP) is 2.20. The largest absolute Gasteiger partial charge is 0.493 e. The molecule has 2 rings (SSSR count). The Bertz CT molecular complexity index is 557. The summed E-state index contributed by atoms with van der Waals surface area (Å²) in [7, 11) is 0. The van der Waals surface area contributed by atoms with E-state index < -0.39 is 0 Å². The molecule has 23 heavy (non-hydrogen) atoms. The molecule has 0 aromatic heterocycles. The lowest BCUT2D eigenvalue weighted by atomic mass is 10.1. The van der Waals surface area contributed by atoms with Crippen LogP contribution < -0.4 is 10.1 Å². The number of benzene rings is 1. The first-order valence-electron chi connectivity index (χ1n) is 8.31. The van der Waals surface area contributed by atoms with Gasteiger partial charge in [0, 0.05) is 26.1 Å². The molecule has 126 valence electrons. The first kappa shape index (κ1) is 17.3. The highest BCUT2D eigenvalue weighted by Crippen LogP contribution is 2.20. The number of ether oxygens (including phenoxy) is 1. The molecule has 5 heteroatoms. The molecule has 5 nitrogen and oxygen atoms in total. The molecule has 1 aliphatic heterocycles. The molecule has 0 unspecified atom stereocenters. The molecular formula is C18H26N2O3. The number of likely N-dealkylation sites (tertiary alicyclic amines) is 1. The third-order valence-corrected chi connectivity index (χ3v) is 4.24. The van der Waals surface area contributed by atoms with E-state index in [1.807, 2.05) is 36.9 Å².